The molecule has 2 nitrogen and oxygen atoms in total. The lowest BCUT2D eigenvalue weighted by molar-refractivity contribution is 0.141. The summed E-state index contributed by atoms with van der Waals surface area (Å²) in [5.41, 5.74) is 0. The van der Waals surface area contributed by atoms with Gasteiger partial charge in [0, 0.05) is 6.61 Å². The van der Waals surface area contributed by atoms with E-state index in [-0.39, 0.29) is 0 Å². The van der Waals surface area contributed by atoms with Crippen molar-refractivity contribution < 1.29 is 5.11 Å². The maximum absolute atomic E-state index is 8.85. The highest BCUT2D eigenvalue weighted by atomic mass is 16.3. The van der Waals surface area contributed by atoms with Gasteiger partial charge in [-0.3, -0.25) is 4.90 Å². The third kappa shape index (κ3) is 2.53. The fraction of sp³-hybridized carbons (Fsp3) is 0.778. The first-order valence-corrected chi connectivity index (χ1v) is 4.13. The first-order valence-electron chi connectivity index (χ1n) is 4.13. The Kier molecular flexibility index (Phi) is 3.41. The normalized spacial score (nSPS) is 21.5. The molecule has 0 bridgehead atoms. The third-order valence-electron chi connectivity index (χ3n) is 2.28. The highest BCUT2D eigenvalue weighted by Crippen LogP contribution is 2.15. The Morgan fingerprint density at radius 1 is 1.45 bits per heavy atom. The first kappa shape index (κ1) is 8.58. The minimum absolute atomic E-state index is 0.337. The van der Waals surface area contributed by atoms with Crippen LogP contribution in [0.3, 0.4) is 0 Å². The lowest BCUT2D eigenvalue weighted by Gasteiger charge is -2.29. The molecule has 1 N–H and O–H groups in total. The topological polar surface area (TPSA) is 23.5 Å². The molecule has 0 aromatic rings. The largest absolute Gasteiger partial charge is 0.396 e. The predicted molar refractivity (Wildman–Crippen MR) is 45.1 cm³/mol. The summed E-state index contributed by atoms with van der Waals surface area (Å²) < 4.78 is 0. The molecule has 1 aliphatic heterocycles. The van der Waals surface area contributed by atoms with E-state index in [0.717, 1.165) is 32.5 Å². The van der Waals surface area contributed by atoms with Crippen LogP contribution in [0.25, 0.3) is 0 Å². The van der Waals surface area contributed by atoms with E-state index in [1.54, 1.807) is 0 Å². The molecule has 62 valence electrons. The van der Waals surface area contributed by atoms with Crippen LogP contribution >= 0.6 is 0 Å². The molecule has 1 rings (SSSR count). The van der Waals surface area contributed by atoms with E-state index in [0.29, 0.717) is 12.5 Å². The molecule has 1 saturated heterocycles. The van der Waals surface area contributed by atoms with Crippen LogP contribution in [-0.4, -0.2) is 36.2 Å². The van der Waals surface area contributed by atoms with Crippen molar-refractivity contribution in [1.82, 2.24) is 4.90 Å². The average molecular weight is 153 g/mol. The second-order valence-electron chi connectivity index (χ2n) is 3.11. The molecule has 1 aliphatic rings. The molecule has 0 aromatic heterocycles. The number of terminal acetylenes is 1. The molecule has 0 aliphatic carbocycles. The van der Waals surface area contributed by atoms with Gasteiger partial charge in [-0.15, -0.1) is 6.42 Å². The van der Waals surface area contributed by atoms with Crippen molar-refractivity contribution in [3.05, 3.63) is 0 Å². The van der Waals surface area contributed by atoms with Crippen LogP contribution in [0.2, 0.25) is 0 Å². The summed E-state index contributed by atoms with van der Waals surface area (Å²) in [7, 11) is 0. The minimum atomic E-state index is 0.337. The van der Waals surface area contributed by atoms with Crippen LogP contribution in [0, 0.1) is 18.3 Å². The van der Waals surface area contributed by atoms with Crippen molar-refractivity contribution in [2.24, 2.45) is 5.92 Å². The molecule has 0 aromatic carbocycles. The Morgan fingerprint density at radius 2 is 2.09 bits per heavy atom. The van der Waals surface area contributed by atoms with Crippen molar-refractivity contribution in [2.45, 2.75) is 12.8 Å². The maximum Gasteiger partial charge on any atom is 0.0598 e. The number of likely N-dealkylation sites (tertiary alicyclic amines) is 1. The molecule has 1 fully saturated rings. The number of hydrogen-bond acceptors (Lipinski definition) is 2. The minimum Gasteiger partial charge on any atom is -0.396 e. The lowest BCUT2D eigenvalue weighted by Crippen LogP contribution is -2.34. The van der Waals surface area contributed by atoms with Crippen molar-refractivity contribution in [3.63, 3.8) is 0 Å². The summed E-state index contributed by atoms with van der Waals surface area (Å²) in [5.74, 6) is 3.15. The van der Waals surface area contributed by atoms with Crippen LogP contribution < -0.4 is 0 Å². The predicted octanol–water partition coefficient (Wildman–Crippen LogP) is 0.324. The number of piperidine rings is 1. The monoisotopic (exact) mass is 153 g/mol. The Balaban J connectivity index is 2.20. The standard InChI is InChI=1S/C9H15NO/c1-2-5-10-6-3-9(8-11)4-7-10/h1,9,11H,3-8H2. The number of aliphatic hydroxyl groups excluding tert-OH is 1. The van der Waals surface area contributed by atoms with Gasteiger partial charge in [-0.25, -0.2) is 0 Å². The van der Waals surface area contributed by atoms with Gasteiger partial charge < -0.3 is 5.11 Å². The van der Waals surface area contributed by atoms with Gasteiger partial charge in [0.15, 0.2) is 0 Å². The van der Waals surface area contributed by atoms with Crippen molar-refractivity contribution in [2.75, 3.05) is 26.2 Å². The van der Waals surface area contributed by atoms with Gasteiger partial charge in [-0.05, 0) is 31.8 Å². The highest BCUT2D eigenvalue weighted by molar-refractivity contribution is 4.89. The van der Waals surface area contributed by atoms with Gasteiger partial charge in [-0.2, -0.15) is 0 Å². The van der Waals surface area contributed by atoms with E-state index in [4.69, 9.17) is 11.5 Å². The van der Waals surface area contributed by atoms with Gasteiger partial charge >= 0.3 is 0 Å². The second-order valence-corrected chi connectivity index (χ2v) is 3.11. The van der Waals surface area contributed by atoms with Crippen molar-refractivity contribution >= 4 is 0 Å². The molecule has 11 heavy (non-hydrogen) atoms. The zero-order valence-electron chi connectivity index (χ0n) is 6.79. The van der Waals surface area contributed by atoms with Crippen LogP contribution in [0.5, 0.6) is 0 Å². The fourth-order valence-electron chi connectivity index (χ4n) is 1.46. The lowest BCUT2D eigenvalue weighted by atomic mass is 9.98. The summed E-state index contributed by atoms with van der Waals surface area (Å²) >= 11 is 0. The molecular formula is C9H15NO. The van der Waals surface area contributed by atoms with E-state index in [1.165, 1.54) is 0 Å². The van der Waals surface area contributed by atoms with E-state index >= 15 is 0 Å². The number of rotatable bonds is 2. The average Bonchev–Trinajstić information content (AvgIpc) is 2.07. The Hall–Kier alpha value is -0.520. The molecule has 0 spiro atoms. The zero-order chi connectivity index (χ0) is 8.10. The van der Waals surface area contributed by atoms with E-state index in [1.807, 2.05) is 0 Å². The van der Waals surface area contributed by atoms with Gasteiger partial charge in [0.05, 0.1) is 6.54 Å². The summed E-state index contributed by atoms with van der Waals surface area (Å²) in [5, 5.41) is 8.85. The summed E-state index contributed by atoms with van der Waals surface area (Å²) in [6.07, 6.45) is 7.38. The molecule has 2 heteroatoms. The van der Waals surface area contributed by atoms with Gasteiger partial charge in [0.2, 0.25) is 0 Å². The van der Waals surface area contributed by atoms with Crippen LogP contribution in [0.4, 0.5) is 0 Å². The maximum atomic E-state index is 8.85. The van der Waals surface area contributed by atoms with Crippen molar-refractivity contribution in [1.29, 1.82) is 0 Å². The highest BCUT2D eigenvalue weighted by Gasteiger charge is 2.16. The molecular weight excluding hydrogens is 138 g/mol. The van der Waals surface area contributed by atoms with Gasteiger partial charge in [0.1, 0.15) is 0 Å². The summed E-state index contributed by atoms with van der Waals surface area (Å²) in [6.45, 7) is 3.20. The quantitative estimate of drug-likeness (QED) is 0.578. The fourth-order valence-corrected chi connectivity index (χ4v) is 1.46. The first-order chi connectivity index (χ1) is 5.36. The summed E-state index contributed by atoms with van der Waals surface area (Å²) in [4.78, 5) is 2.26. The smallest absolute Gasteiger partial charge is 0.0598 e. The summed E-state index contributed by atoms with van der Waals surface area (Å²) in [6, 6.07) is 0. The number of nitrogens with zero attached hydrogens (tertiary/aromatic N) is 1. The van der Waals surface area contributed by atoms with Crippen molar-refractivity contribution in [3.8, 4) is 12.3 Å². The van der Waals surface area contributed by atoms with Gasteiger partial charge in [-0.1, -0.05) is 5.92 Å². The molecule has 0 amide bonds. The third-order valence-corrected chi connectivity index (χ3v) is 2.28. The Morgan fingerprint density at radius 3 is 2.55 bits per heavy atom. The Bertz CT molecular complexity index is 142. The Labute approximate surface area is 68.2 Å². The molecule has 0 atom stereocenters. The van der Waals surface area contributed by atoms with E-state index < -0.39 is 0 Å². The molecule has 0 saturated carbocycles. The SMILES string of the molecule is C#CCN1CCC(CO)CC1. The van der Waals surface area contributed by atoms with Crippen LogP contribution in [0.15, 0.2) is 0 Å². The van der Waals surface area contributed by atoms with Gasteiger partial charge in [0.25, 0.3) is 0 Å². The van der Waals surface area contributed by atoms with E-state index in [9.17, 15) is 0 Å². The van der Waals surface area contributed by atoms with E-state index in [2.05, 4.69) is 10.8 Å². The van der Waals surface area contributed by atoms with Crippen LogP contribution in [0.1, 0.15) is 12.8 Å². The number of hydrogen-bond donors (Lipinski definition) is 1. The second kappa shape index (κ2) is 4.38. The molecule has 0 unspecified atom stereocenters. The number of aliphatic hydroxyl groups is 1. The zero-order valence-corrected chi connectivity index (χ0v) is 6.79. The molecule has 0 radical (unpaired) electrons. The molecule has 1 heterocycles. The van der Waals surface area contributed by atoms with Crippen LogP contribution in [-0.2, 0) is 0 Å².